The predicted octanol–water partition coefficient (Wildman–Crippen LogP) is 6.32. The molecule has 6 heteroatoms. The number of ether oxygens (including phenoxy) is 2. The number of methoxy groups -OCH3 is 1. The maximum atomic E-state index is 13.5. The van der Waals surface area contributed by atoms with Gasteiger partial charge in [-0.3, -0.25) is 9.59 Å². The van der Waals surface area contributed by atoms with Crippen LogP contribution in [0.2, 0.25) is 0 Å². The molecule has 1 N–H and O–H groups in total. The molecule has 1 saturated heterocycles. The normalized spacial score (nSPS) is 17.1. The summed E-state index contributed by atoms with van der Waals surface area (Å²) < 4.78 is 10.8. The molecule has 1 unspecified atom stereocenters. The first-order chi connectivity index (χ1) is 18.0. The second-order valence-electron chi connectivity index (χ2n) is 10.6. The number of ketones is 1. The number of hydrogen-bond acceptors (Lipinski definition) is 5. The van der Waals surface area contributed by atoms with Crippen molar-refractivity contribution in [3.05, 3.63) is 100 Å². The van der Waals surface area contributed by atoms with Crippen molar-refractivity contribution in [3.8, 4) is 11.5 Å². The molecule has 1 aliphatic rings. The van der Waals surface area contributed by atoms with Crippen LogP contribution in [-0.2, 0) is 21.5 Å². The van der Waals surface area contributed by atoms with Gasteiger partial charge in [0.1, 0.15) is 17.3 Å². The van der Waals surface area contributed by atoms with E-state index in [-0.39, 0.29) is 23.3 Å². The number of Topliss-reactive ketones (excluding diaryl/α,β-unsaturated/α-hetero) is 1. The second kappa shape index (κ2) is 10.7. The van der Waals surface area contributed by atoms with Crippen molar-refractivity contribution in [2.24, 2.45) is 0 Å². The SMILES string of the molecule is CCOc1ccc(CN2C(=O)C(=O)/C(=C(/O)c3cc(C(C)(C)C)ccc3C)C2c2ccc(OC)cc2)cc1. The molecule has 1 fully saturated rings. The molecule has 0 radical (unpaired) electrons. The molecular formula is C32H35NO5. The van der Waals surface area contributed by atoms with Gasteiger partial charge in [0.15, 0.2) is 0 Å². The molecule has 1 aliphatic heterocycles. The molecule has 0 spiro atoms. The maximum Gasteiger partial charge on any atom is 0.295 e. The summed E-state index contributed by atoms with van der Waals surface area (Å²) in [6.07, 6.45) is 0. The van der Waals surface area contributed by atoms with E-state index in [9.17, 15) is 14.7 Å². The van der Waals surface area contributed by atoms with E-state index in [1.54, 1.807) is 19.2 Å². The first-order valence-electron chi connectivity index (χ1n) is 12.8. The minimum atomic E-state index is -0.759. The molecule has 0 aliphatic carbocycles. The maximum absolute atomic E-state index is 13.5. The number of carbonyl (C=O) groups excluding carboxylic acids is 2. The van der Waals surface area contributed by atoms with Crippen molar-refractivity contribution in [2.45, 2.75) is 52.6 Å². The highest BCUT2D eigenvalue weighted by molar-refractivity contribution is 6.46. The van der Waals surface area contributed by atoms with Crippen LogP contribution in [0.1, 0.15) is 61.6 Å². The number of aliphatic hydroxyl groups excluding tert-OH is 1. The average molecular weight is 514 g/mol. The lowest BCUT2D eigenvalue weighted by molar-refractivity contribution is -0.140. The van der Waals surface area contributed by atoms with Gasteiger partial charge in [-0.1, -0.05) is 57.2 Å². The summed E-state index contributed by atoms with van der Waals surface area (Å²) >= 11 is 0. The van der Waals surface area contributed by atoms with Crippen LogP contribution in [0.5, 0.6) is 11.5 Å². The standard InChI is InChI=1S/C32H35NO5/c1-7-38-25-14-9-21(10-15-25)19-33-28(22-11-16-24(37-6)17-12-22)27(30(35)31(33)36)29(34)26-18-23(32(3,4)5)13-8-20(26)2/h8-18,28,34H,7,19H2,1-6H3/b29-27+. The zero-order chi connectivity index (χ0) is 27.6. The van der Waals surface area contributed by atoms with Crippen LogP contribution in [0.25, 0.3) is 5.76 Å². The Balaban J connectivity index is 1.85. The summed E-state index contributed by atoms with van der Waals surface area (Å²) in [5, 5.41) is 11.6. The van der Waals surface area contributed by atoms with Crippen molar-refractivity contribution in [1.29, 1.82) is 0 Å². The van der Waals surface area contributed by atoms with Gasteiger partial charge in [0.25, 0.3) is 11.7 Å². The molecule has 1 amide bonds. The lowest BCUT2D eigenvalue weighted by Crippen LogP contribution is -2.29. The van der Waals surface area contributed by atoms with Crippen LogP contribution in [0.15, 0.2) is 72.3 Å². The Labute approximate surface area is 224 Å². The van der Waals surface area contributed by atoms with E-state index in [0.717, 1.165) is 22.4 Å². The van der Waals surface area contributed by atoms with E-state index >= 15 is 0 Å². The van der Waals surface area contributed by atoms with Crippen LogP contribution in [-0.4, -0.2) is 35.4 Å². The number of benzene rings is 3. The largest absolute Gasteiger partial charge is 0.507 e. The zero-order valence-corrected chi connectivity index (χ0v) is 22.9. The summed E-state index contributed by atoms with van der Waals surface area (Å²) in [5.74, 6) is -0.118. The zero-order valence-electron chi connectivity index (χ0n) is 22.9. The van der Waals surface area contributed by atoms with Crippen LogP contribution in [0.4, 0.5) is 0 Å². The highest BCUT2D eigenvalue weighted by Gasteiger charge is 2.46. The van der Waals surface area contributed by atoms with Gasteiger partial charge in [-0.05, 0) is 71.8 Å². The molecular weight excluding hydrogens is 478 g/mol. The molecule has 38 heavy (non-hydrogen) atoms. The van der Waals surface area contributed by atoms with Crippen molar-refractivity contribution < 1.29 is 24.2 Å². The van der Waals surface area contributed by atoms with Crippen molar-refractivity contribution in [2.75, 3.05) is 13.7 Å². The molecule has 1 atom stereocenters. The van der Waals surface area contributed by atoms with Gasteiger partial charge in [-0.2, -0.15) is 0 Å². The van der Waals surface area contributed by atoms with Gasteiger partial charge >= 0.3 is 0 Å². The Bertz CT molecular complexity index is 1360. The lowest BCUT2D eigenvalue weighted by Gasteiger charge is -2.26. The number of likely N-dealkylation sites (tertiary alicyclic amines) is 1. The van der Waals surface area contributed by atoms with Gasteiger partial charge in [0.05, 0.1) is 25.3 Å². The third-order valence-electron chi connectivity index (χ3n) is 6.92. The van der Waals surface area contributed by atoms with Crippen LogP contribution < -0.4 is 9.47 Å². The summed E-state index contributed by atoms with van der Waals surface area (Å²) in [7, 11) is 1.58. The van der Waals surface area contributed by atoms with E-state index in [1.807, 2.05) is 68.4 Å². The molecule has 0 saturated carbocycles. The number of aliphatic hydroxyl groups is 1. The molecule has 3 aromatic rings. The Morgan fingerprint density at radius 3 is 2.16 bits per heavy atom. The van der Waals surface area contributed by atoms with E-state index in [2.05, 4.69) is 20.8 Å². The van der Waals surface area contributed by atoms with E-state index in [0.29, 0.717) is 23.5 Å². The average Bonchev–Trinajstić information content (AvgIpc) is 3.14. The molecule has 0 aromatic heterocycles. The highest BCUT2D eigenvalue weighted by Crippen LogP contribution is 2.41. The fourth-order valence-corrected chi connectivity index (χ4v) is 4.72. The monoisotopic (exact) mass is 513 g/mol. The molecule has 0 bridgehead atoms. The molecule has 4 rings (SSSR count). The number of carbonyl (C=O) groups is 2. The Hall–Kier alpha value is -4.06. The van der Waals surface area contributed by atoms with Crippen molar-refractivity contribution >= 4 is 17.4 Å². The third-order valence-corrected chi connectivity index (χ3v) is 6.92. The van der Waals surface area contributed by atoms with Gasteiger partial charge in [-0.25, -0.2) is 0 Å². The van der Waals surface area contributed by atoms with Gasteiger partial charge in [0.2, 0.25) is 0 Å². The van der Waals surface area contributed by atoms with E-state index in [1.165, 1.54) is 4.90 Å². The first-order valence-corrected chi connectivity index (χ1v) is 12.8. The van der Waals surface area contributed by atoms with Gasteiger partial charge in [0, 0.05) is 12.1 Å². The fraction of sp³-hybridized carbons (Fsp3) is 0.312. The highest BCUT2D eigenvalue weighted by atomic mass is 16.5. The number of amides is 1. The smallest absolute Gasteiger partial charge is 0.295 e. The minimum absolute atomic E-state index is 0.0836. The molecule has 198 valence electrons. The van der Waals surface area contributed by atoms with Gasteiger partial charge in [-0.15, -0.1) is 0 Å². The van der Waals surface area contributed by atoms with E-state index < -0.39 is 17.7 Å². The van der Waals surface area contributed by atoms with Crippen LogP contribution in [0.3, 0.4) is 0 Å². The topological polar surface area (TPSA) is 76.1 Å². The molecule has 3 aromatic carbocycles. The van der Waals surface area contributed by atoms with Crippen molar-refractivity contribution in [1.82, 2.24) is 4.90 Å². The summed E-state index contributed by atoms with van der Waals surface area (Å²) in [6.45, 7) is 10.8. The van der Waals surface area contributed by atoms with E-state index in [4.69, 9.17) is 9.47 Å². The predicted molar refractivity (Wildman–Crippen MR) is 148 cm³/mol. The molecule has 6 nitrogen and oxygen atoms in total. The Morgan fingerprint density at radius 1 is 0.947 bits per heavy atom. The Kier molecular flexibility index (Phi) is 7.63. The fourth-order valence-electron chi connectivity index (χ4n) is 4.72. The number of rotatable bonds is 7. The third kappa shape index (κ3) is 5.30. The lowest BCUT2D eigenvalue weighted by atomic mass is 9.84. The minimum Gasteiger partial charge on any atom is -0.507 e. The Morgan fingerprint density at radius 2 is 1.58 bits per heavy atom. The quantitative estimate of drug-likeness (QED) is 0.227. The van der Waals surface area contributed by atoms with Crippen LogP contribution >= 0.6 is 0 Å². The van der Waals surface area contributed by atoms with Crippen LogP contribution in [0, 0.1) is 6.92 Å². The number of nitrogens with zero attached hydrogens (tertiary/aromatic N) is 1. The number of aryl methyl sites for hydroxylation is 1. The molecule has 1 heterocycles. The second-order valence-corrected chi connectivity index (χ2v) is 10.6. The van der Waals surface area contributed by atoms with Gasteiger partial charge < -0.3 is 19.5 Å². The summed E-state index contributed by atoms with van der Waals surface area (Å²) in [6, 6.07) is 19.8. The summed E-state index contributed by atoms with van der Waals surface area (Å²) in [5.41, 5.74) is 3.88. The number of hydrogen-bond donors (Lipinski definition) is 1. The van der Waals surface area contributed by atoms with Crippen molar-refractivity contribution in [3.63, 3.8) is 0 Å². The first kappa shape index (κ1) is 27.0. The summed E-state index contributed by atoms with van der Waals surface area (Å²) in [4.78, 5) is 28.5.